The van der Waals surface area contributed by atoms with Crippen LogP contribution in [0.3, 0.4) is 0 Å². The lowest BCUT2D eigenvalue weighted by Crippen LogP contribution is -2.10. The second kappa shape index (κ2) is 4.36. The van der Waals surface area contributed by atoms with Crippen LogP contribution in [0.5, 0.6) is 0 Å². The lowest BCUT2D eigenvalue weighted by atomic mass is 10.1. The lowest BCUT2D eigenvalue weighted by Gasteiger charge is -2.11. The minimum Gasteiger partial charge on any atom is -0.269 e. The third kappa shape index (κ3) is 2.12. The topological polar surface area (TPSA) is 17.8 Å². The van der Waals surface area contributed by atoms with Gasteiger partial charge in [-0.2, -0.15) is 5.10 Å². The van der Waals surface area contributed by atoms with Crippen molar-refractivity contribution in [3.05, 3.63) is 47.8 Å². The van der Waals surface area contributed by atoms with Gasteiger partial charge in [0.2, 0.25) is 0 Å². The molecule has 0 saturated heterocycles. The van der Waals surface area contributed by atoms with Crippen LogP contribution in [0.2, 0.25) is 0 Å². The standard InChI is InChI=1S/C15H18N2/c1-12-6-2-3-7-13(10-12)15-11-14-8-4-5-9-17(14)16-15/h2-3,6-7,10-12H,4-5,8-9H2,1H3. The van der Waals surface area contributed by atoms with Gasteiger partial charge in [0.1, 0.15) is 0 Å². The molecule has 0 aromatic carbocycles. The van der Waals surface area contributed by atoms with E-state index in [1.165, 1.54) is 30.5 Å². The molecule has 1 aromatic rings. The molecule has 88 valence electrons. The van der Waals surface area contributed by atoms with E-state index in [1.807, 2.05) is 0 Å². The summed E-state index contributed by atoms with van der Waals surface area (Å²) in [6.45, 7) is 3.29. The first-order valence-electron chi connectivity index (χ1n) is 6.47. The van der Waals surface area contributed by atoms with Gasteiger partial charge in [0.05, 0.1) is 5.69 Å². The number of rotatable bonds is 1. The minimum atomic E-state index is 0.485. The SMILES string of the molecule is CC1C=CC=CC(c2cc3n(n2)CCCC3)=C1. The molecular weight excluding hydrogens is 208 g/mol. The van der Waals surface area contributed by atoms with Crippen LogP contribution in [-0.2, 0) is 13.0 Å². The predicted molar refractivity (Wildman–Crippen MR) is 70.6 cm³/mol. The monoisotopic (exact) mass is 226 g/mol. The summed E-state index contributed by atoms with van der Waals surface area (Å²) in [5, 5.41) is 4.72. The van der Waals surface area contributed by atoms with Crippen molar-refractivity contribution in [2.24, 2.45) is 5.92 Å². The van der Waals surface area contributed by atoms with Crippen LogP contribution in [0.4, 0.5) is 0 Å². The highest BCUT2D eigenvalue weighted by Crippen LogP contribution is 2.23. The molecule has 3 rings (SSSR count). The average Bonchev–Trinajstić information content (AvgIpc) is 2.65. The summed E-state index contributed by atoms with van der Waals surface area (Å²) in [7, 11) is 0. The maximum absolute atomic E-state index is 4.72. The molecule has 17 heavy (non-hydrogen) atoms. The zero-order valence-corrected chi connectivity index (χ0v) is 10.3. The zero-order chi connectivity index (χ0) is 11.7. The van der Waals surface area contributed by atoms with E-state index in [-0.39, 0.29) is 0 Å². The molecule has 1 unspecified atom stereocenters. The van der Waals surface area contributed by atoms with Crippen LogP contribution < -0.4 is 0 Å². The summed E-state index contributed by atoms with van der Waals surface area (Å²) in [6.07, 6.45) is 14.6. The number of aryl methyl sites for hydroxylation is 2. The number of hydrogen-bond donors (Lipinski definition) is 0. The van der Waals surface area contributed by atoms with Gasteiger partial charge in [0.15, 0.2) is 0 Å². The van der Waals surface area contributed by atoms with E-state index in [9.17, 15) is 0 Å². The Kier molecular flexibility index (Phi) is 2.71. The van der Waals surface area contributed by atoms with Crippen molar-refractivity contribution in [1.29, 1.82) is 0 Å². The summed E-state index contributed by atoms with van der Waals surface area (Å²) in [5.41, 5.74) is 3.78. The van der Waals surface area contributed by atoms with Crippen LogP contribution in [0.15, 0.2) is 36.4 Å². The molecule has 2 aliphatic rings. The molecule has 0 fully saturated rings. The van der Waals surface area contributed by atoms with Crippen molar-refractivity contribution >= 4 is 5.57 Å². The van der Waals surface area contributed by atoms with Gasteiger partial charge >= 0.3 is 0 Å². The molecule has 1 aliphatic heterocycles. The van der Waals surface area contributed by atoms with E-state index in [4.69, 9.17) is 5.10 Å². The van der Waals surface area contributed by atoms with E-state index in [2.05, 4.69) is 48.1 Å². The number of hydrogen-bond acceptors (Lipinski definition) is 1. The fraction of sp³-hybridized carbons (Fsp3) is 0.400. The Morgan fingerprint density at radius 1 is 1.29 bits per heavy atom. The molecule has 0 saturated carbocycles. The van der Waals surface area contributed by atoms with Crippen LogP contribution >= 0.6 is 0 Å². The summed E-state index contributed by atoms with van der Waals surface area (Å²) < 4.78 is 2.18. The highest BCUT2D eigenvalue weighted by atomic mass is 15.3. The third-order valence-electron chi connectivity index (χ3n) is 3.46. The molecule has 0 bridgehead atoms. The first-order valence-corrected chi connectivity index (χ1v) is 6.47. The van der Waals surface area contributed by atoms with E-state index in [0.717, 1.165) is 12.2 Å². The molecule has 1 aliphatic carbocycles. The van der Waals surface area contributed by atoms with Crippen molar-refractivity contribution < 1.29 is 0 Å². The van der Waals surface area contributed by atoms with E-state index >= 15 is 0 Å². The van der Waals surface area contributed by atoms with Crippen LogP contribution in [0.25, 0.3) is 5.57 Å². The van der Waals surface area contributed by atoms with Crippen LogP contribution in [0.1, 0.15) is 31.2 Å². The van der Waals surface area contributed by atoms with E-state index < -0.39 is 0 Å². The summed E-state index contributed by atoms with van der Waals surface area (Å²) in [6, 6.07) is 2.26. The van der Waals surface area contributed by atoms with Gasteiger partial charge in [-0.3, -0.25) is 4.68 Å². The van der Waals surface area contributed by atoms with Gasteiger partial charge in [-0.05, 0) is 36.8 Å². The Hall–Kier alpha value is -1.57. The zero-order valence-electron chi connectivity index (χ0n) is 10.3. The van der Waals surface area contributed by atoms with Crippen molar-refractivity contribution in [3.8, 4) is 0 Å². The second-order valence-electron chi connectivity index (χ2n) is 4.93. The Balaban J connectivity index is 1.96. The molecule has 2 heterocycles. The number of fused-ring (bicyclic) bond motifs is 1. The number of nitrogens with zero attached hydrogens (tertiary/aromatic N) is 2. The summed E-state index contributed by atoms with van der Waals surface area (Å²) in [4.78, 5) is 0. The Morgan fingerprint density at radius 2 is 2.24 bits per heavy atom. The van der Waals surface area contributed by atoms with Gasteiger partial charge in [-0.25, -0.2) is 0 Å². The largest absolute Gasteiger partial charge is 0.269 e. The summed E-state index contributed by atoms with van der Waals surface area (Å²) in [5.74, 6) is 0.485. The predicted octanol–water partition coefficient (Wildman–Crippen LogP) is 3.36. The van der Waals surface area contributed by atoms with Gasteiger partial charge in [0, 0.05) is 12.2 Å². The molecule has 1 aromatic heterocycles. The van der Waals surface area contributed by atoms with Crippen LogP contribution in [-0.4, -0.2) is 9.78 Å². The quantitative estimate of drug-likeness (QED) is 0.718. The average molecular weight is 226 g/mol. The van der Waals surface area contributed by atoms with E-state index in [1.54, 1.807) is 0 Å². The maximum atomic E-state index is 4.72. The third-order valence-corrected chi connectivity index (χ3v) is 3.46. The lowest BCUT2D eigenvalue weighted by molar-refractivity contribution is 0.485. The number of aromatic nitrogens is 2. The van der Waals surface area contributed by atoms with Crippen molar-refractivity contribution in [2.45, 2.75) is 32.7 Å². The van der Waals surface area contributed by atoms with Crippen molar-refractivity contribution in [2.75, 3.05) is 0 Å². The molecule has 0 radical (unpaired) electrons. The van der Waals surface area contributed by atoms with Crippen molar-refractivity contribution in [3.63, 3.8) is 0 Å². The molecule has 0 amide bonds. The van der Waals surface area contributed by atoms with Crippen molar-refractivity contribution in [1.82, 2.24) is 9.78 Å². The highest BCUT2D eigenvalue weighted by Gasteiger charge is 2.14. The fourth-order valence-corrected chi connectivity index (χ4v) is 2.52. The summed E-state index contributed by atoms with van der Waals surface area (Å²) >= 11 is 0. The second-order valence-corrected chi connectivity index (χ2v) is 4.93. The van der Waals surface area contributed by atoms with Gasteiger partial charge in [-0.15, -0.1) is 0 Å². The number of allylic oxidation sites excluding steroid dienone is 6. The minimum absolute atomic E-state index is 0.485. The Labute approximate surface area is 102 Å². The first kappa shape index (κ1) is 10.6. The Morgan fingerprint density at radius 3 is 3.12 bits per heavy atom. The van der Waals surface area contributed by atoms with Gasteiger partial charge < -0.3 is 0 Å². The molecule has 0 spiro atoms. The molecule has 1 atom stereocenters. The van der Waals surface area contributed by atoms with Gasteiger partial charge in [0.25, 0.3) is 0 Å². The smallest absolute Gasteiger partial charge is 0.0923 e. The normalized spacial score (nSPS) is 23.1. The van der Waals surface area contributed by atoms with Crippen LogP contribution in [0, 0.1) is 5.92 Å². The molecular formula is C15H18N2. The van der Waals surface area contributed by atoms with E-state index in [0.29, 0.717) is 5.92 Å². The molecule has 2 heteroatoms. The molecule has 2 nitrogen and oxygen atoms in total. The highest BCUT2D eigenvalue weighted by molar-refractivity contribution is 5.73. The first-order chi connectivity index (χ1) is 8.33. The van der Waals surface area contributed by atoms with Gasteiger partial charge in [-0.1, -0.05) is 37.3 Å². The fourth-order valence-electron chi connectivity index (χ4n) is 2.52. The maximum Gasteiger partial charge on any atom is 0.0923 e. The molecule has 0 N–H and O–H groups in total. The Bertz CT molecular complexity index is 479.